The van der Waals surface area contributed by atoms with Gasteiger partial charge in [-0.2, -0.15) is 4.16 Å². The summed E-state index contributed by atoms with van der Waals surface area (Å²) in [5, 5.41) is 12.9. The Morgan fingerprint density at radius 3 is 2.00 bits per heavy atom. The highest BCUT2D eigenvalue weighted by molar-refractivity contribution is 7.52. The molecule has 0 aliphatic heterocycles. The Morgan fingerprint density at radius 1 is 0.639 bits per heavy atom. The standard InChI is InChI=1S/C34H27NP/c1-20-7-5-6-8-25(20)26-15-13-22-11-9-21-10-12-23-14-16-27-28-19-24(34(2,3)4)17-18-35(28)36-32(26)30(22)29(21)31(23)33(27)36/h5-19H,1-4H3/q+1. The Hall–Kier alpha value is -3.67. The number of benzene rings is 5. The van der Waals surface area contributed by atoms with E-state index in [1.165, 1.54) is 70.6 Å². The Kier molecular flexibility index (Phi) is 3.85. The highest BCUT2D eigenvalue weighted by Gasteiger charge is 2.29. The number of nitrogens with zero attached hydrogens (tertiary/aromatic N) is 1. The number of hydrogen-bond donors (Lipinski definition) is 0. The summed E-state index contributed by atoms with van der Waals surface area (Å²) in [6.45, 7) is 9.18. The summed E-state index contributed by atoms with van der Waals surface area (Å²) in [5.74, 6) is 0. The minimum absolute atomic E-state index is 0.112. The van der Waals surface area contributed by atoms with Crippen LogP contribution < -0.4 is 4.16 Å². The SMILES string of the molecule is Cc1ccccc1-c1ccc2ccc3ccc4ccc5c6cc(C(C)(C)C)cc[n+]6p6c1c2c3c4c56. The molecular weight excluding hydrogens is 453 g/mol. The first-order valence-corrected chi connectivity index (χ1v) is 14.1. The molecule has 2 heteroatoms. The Bertz CT molecular complexity index is 2130. The zero-order valence-corrected chi connectivity index (χ0v) is 21.9. The number of aryl methyl sites for hydroxylation is 1. The maximum absolute atomic E-state index is 2.61. The molecule has 0 fully saturated rings. The number of rotatable bonds is 1. The summed E-state index contributed by atoms with van der Waals surface area (Å²) < 4.78 is 2.61. The van der Waals surface area contributed by atoms with Crippen molar-refractivity contribution < 1.29 is 4.16 Å². The van der Waals surface area contributed by atoms with Gasteiger partial charge >= 0.3 is 0 Å². The van der Waals surface area contributed by atoms with E-state index in [1.54, 1.807) is 5.12 Å². The van der Waals surface area contributed by atoms with Crippen molar-refractivity contribution in [1.29, 1.82) is 0 Å². The number of fused-ring (bicyclic) bond motifs is 4. The number of pyridine rings is 1. The molecule has 8 rings (SSSR count). The van der Waals surface area contributed by atoms with Gasteiger partial charge in [0.25, 0.3) is 0 Å². The molecule has 0 saturated carbocycles. The van der Waals surface area contributed by atoms with Crippen LogP contribution in [0.15, 0.2) is 91.1 Å². The van der Waals surface area contributed by atoms with Crippen LogP contribution in [0.5, 0.6) is 0 Å². The quantitative estimate of drug-likeness (QED) is 0.163. The van der Waals surface area contributed by atoms with Crippen molar-refractivity contribution in [3.8, 4) is 11.1 Å². The summed E-state index contributed by atoms with van der Waals surface area (Å²) in [7, 11) is -0.731. The fraction of sp³-hybridized carbons (Fsp3) is 0.147. The molecule has 5 aromatic carbocycles. The lowest BCUT2D eigenvalue weighted by Gasteiger charge is -2.17. The molecule has 172 valence electrons. The first-order chi connectivity index (χ1) is 17.4. The maximum atomic E-state index is 2.61. The van der Waals surface area contributed by atoms with Crippen LogP contribution in [0.2, 0.25) is 0 Å². The van der Waals surface area contributed by atoms with Crippen LogP contribution in [0.3, 0.4) is 0 Å². The van der Waals surface area contributed by atoms with Crippen molar-refractivity contribution >= 4 is 61.0 Å². The molecule has 0 radical (unpaired) electrons. The predicted octanol–water partition coefficient (Wildman–Crippen LogP) is 9.62. The molecule has 0 spiro atoms. The molecule has 0 N–H and O–H groups in total. The van der Waals surface area contributed by atoms with E-state index < -0.39 is 7.50 Å². The van der Waals surface area contributed by atoms with Crippen molar-refractivity contribution in [2.75, 3.05) is 0 Å². The van der Waals surface area contributed by atoms with Gasteiger partial charge in [0, 0.05) is 22.9 Å². The van der Waals surface area contributed by atoms with Gasteiger partial charge in [-0.25, -0.2) is 0 Å². The normalized spacial score (nSPS) is 13.5. The Balaban J connectivity index is 1.74. The van der Waals surface area contributed by atoms with Crippen molar-refractivity contribution in [2.24, 2.45) is 0 Å². The van der Waals surface area contributed by atoms with Crippen molar-refractivity contribution in [3.63, 3.8) is 0 Å². The molecule has 0 bridgehead atoms. The van der Waals surface area contributed by atoms with Gasteiger partial charge in [-0.1, -0.05) is 87.5 Å². The van der Waals surface area contributed by atoms with Crippen LogP contribution in [-0.2, 0) is 5.41 Å². The van der Waals surface area contributed by atoms with Crippen LogP contribution in [0.1, 0.15) is 31.9 Å². The van der Waals surface area contributed by atoms with Gasteiger partial charge in [0.1, 0.15) is 0 Å². The van der Waals surface area contributed by atoms with E-state index in [4.69, 9.17) is 0 Å². The third-order valence-electron chi connectivity index (χ3n) is 8.24. The monoisotopic (exact) mass is 480 g/mol. The minimum atomic E-state index is -0.731. The van der Waals surface area contributed by atoms with Gasteiger partial charge in [0.05, 0.1) is 15.6 Å². The van der Waals surface area contributed by atoms with E-state index in [2.05, 4.69) is 123 Å². The highest BCUT2D eigenvalue weighted by Crippen LogP contribution is 2.54. The molecular formula is C34H27NP+. The molecule has 0 aliphatic carbocycles. The first-order valence-electron chi connectivity index (χ1n) is 12.8. The molecule has 36 heavy (non-hydrogen) atoms. The van der Waals surface area contributed by atoms with Crippen LogP contribution in [0.25, 0.3) is 64.6 Å². The van der Waals surface area contributed by atoms with Gasteiger partial charge in [0.2, 0.25) is 5.52 Å². The lowest BCUT2D eigenvalue weighted by atomic mass is 9.87. The second-order valence-corrected chi connectivity index (χ2v) is 13.3. The largest absolute Gasteiger partial charge is 0.221 e. The minimum Gasteiger partial charge on any atom is -0.153 e. The zero-order valence-electron chi connectivity index (χ0n) is 21.1. The molecule has 0 saturated heterocycles. The van der Waals surface area contributed by atoms with Crippen molar-refractivity contribution in [2.45, 2.75) is 33.1 Å². The Morgan fingerprint density at radius 2 is 1.28 bits per heavy atom. The maximum Gasteiger partial charge on any atom is 0.221 e. The van der Waals surface area contributed by atoms with Gasteiger partial charge in [-0.3, -0.25) is 0 Å². The molecule has 1 atom stereocenters. The van der Waals surface area contributed by atoms with Gasteiger partial charge in [-0.05, 0) is 62.2 Å². The lowest BCUT2D eigenvalue weighted by molar-refractivity contribution is -0.430. The summed E-state index contributed by atoms with van der Waals surface area (Å²) in [5.41, 5.74) is 6.94. The topological polar surface area (TPSA) is 4.10 Å². The van der Waals surface area contributed by atoms with E-state index in [9.17, 15) is 0 Å². The van der Waals surface area contributed by atoms with Crippen molar-refractivity contribution in [1.82, 2.24) is 0 Å². The zero-order chi connectivity index (χ0) is 24.3. The number of hydrogen-bond acceptors (Lipinski definition) is 0. The second-order valence-electron chi connectivity index (χ2n) is 11.4. The second kappa shape index (κ2) is 6.75. The van der Waals surface area contributed by atoms with Crippen LogP contribution in [-0.4, -0.2) is 0 Å². The van der Waals surface area contributed by atoms with Crippen LogP contribution in [0, 0.1) is 6.92 Å². The van der Waals surface area contributed by atoms with E-state index in [0.717, 1.165) is 0 Å². The Labute approximate surface area is 211 Å². The van der Waals surface area contributed by atoms with Gasteiger partial charge in [0.15, 0.2) is 13.7 Å². The van der Waals surface area contributed by atoms with Crippen LogP contribution >= 0.6 is 7.50 Å². The smallest absolute Gasteiger partial charge is 0.153 e. The molecule has 3 aromatic heterocycles. The average Bonchev–Trinajstić information content (AvgIpc) is 3.21. The molecule has 8 aromatic rings. The number of aromatic nitrogens is 1. The molecule has 1 unspecified atom stereocenters. The average molecular weight is 481 g/mol. The van der Waals surface area contributed by atoms with E-state index in [-0.39, 0.29) is 5.41 Å². The predicted molar refractivity (Wildman–Crippen MR) is 157 cm³/mol. The third-order valence-corrected chi connectivity index (χ3v) is 10.8. The molecule has 0 amide bonds. The van der Waals surface area contributed by atoms with Gasteiger partial charge < -0.3 is 0 Å². The fourth-order valence-electron chi connectivity index (χ4n) is 6.41. The van der Waals surface area contributed by atoms with Crippen LogP contribution in [0.4, 0.5) is 0 Å². The lowest BCUT2D eigenvalue weighted by Crippen LogP contribution is -2.18. The van der Waals surface area contributed by atoms with E-state index in [0.29, 0.717) is 0 Å². The molecule has 0 aliphatic rings. The molecule has 1 nitrogen and oxygen atoms in total. The first kappa shape index (κ1) is 20.5. The fourth-order valence-corrected chi connectivity index (χ4v) is 9.39. The highest BCUT2D eigenvalue weighted by atomic mass is 31.1. The van der Waals surface area contributed by atoms with E-state index in [1.807, 2.05) is 0 Å². The summed E-state index contributed by atoms with van der Waals surface area (Å²) in [6, 6.07) is 32.4. The molecule has 3 heterocycles. The van der Waals surface area contributed by atoms with E-state index >= 15 is 0 Å². The van der Waals surface area contributed by atoms with Crippen molar-refractivity contribution in [3.05, 3.63) is 102 Å². The summed E-state index contributed by atoms with van der Waals surface area (Å²) in [6.07, 6.45) is 2.38. The van der Waals surface area contributed by atoms with Gasteiger partial charge in [-0.15, -0.1) is 0 Å². The summed E-state index contributed by atoms with van der Waals surface area (Å²) >= 11 is 0. The summed E-state index contributed by atoms with van der Waals surface area (Å²) in [4.78, 5) is 0. The third kappa shape index (κ3) is 2.49.